The lowest BCUT2D eigenvalue weighted by Gasteiger charge is -2.20. The molecule has 0 amide bonds. The van der Waals surface area contributed by atoms with Crippen LogP contribution in [0.5, 0.6) is 0 Å². The highest BCUT2D eigenvalue weighted by atomic mass is 14.2. The van der Waals surface area contributed by atoms with Crippen LogP contribution < -0.4 is 0 Å². The van der Waals surface area contributed by atoms with Crippen LogP contribution in [-0.2, 0) is 12.8 Å². The molecule has 0 unspecified atom stereocenters. The zero-order valence-electron chi connectivity index (χ0n) is 15.9. The van der Waals surface area contributed by atoms with E-state index < -0.39 is 0 Å². The molecule has 0 bridgehead atoms. The molecule has 0 saturated heterocycles. The molecule has 0 fully saturated rings. The fourth-order valence-corrected chi connectivity index (χ4v) is 3.62. The van der Waals surface area contributed by atoms with Crippen LogP contribution in [0.3, 0.4) is 0 Å². The highest BCUT2D eigenvalue weighted by molar-refractivity contribution is 5.84. The van der Waals surface area contributed by atoms with Crippen LogP contribution in [0.4, 0.5) is 0 Å². The number of hydrogen-bond donors (Lipinski definition) is 0. The molecule has 1 radical (unpaired) electrons. The SMILES string of the molecule is CC#Cc1[c]c(CCC)c(-c2ccccc2)c(CC)c1-c1ccccc1. The first-order valence-corrected chi connectivity index (χ1v) is 9.44. The highest BCUT2D eigenvalue weighted by Crippen LogP contribution is 2.38. The topological polar surface area (TPSA) is 0 Å². The van der Waals surface area contributed by atoms with Crippen molar-refractivity contribution in [3.8, 4) is 34.1 Å². The summed E-state index contributed by atoms with van der Waals surface area (Å²) in [4.78, 5) is 0. The van der Waals surface area contributed by atoms with Crippen molar-refractivity contribution in [2.24, 2.45) is 0 Å². The summed E-state index contributed by atoms with van der Waals surface area (Å²) in [5.74, 6) is 6.41. The number of rotatable bonds is 5. The summed E-state index contributed by atoms with van der Waals surface area (Å²) in [5.41, 5.74) is 8.77. The molecule has 3 aromatic rings. The van der Waals surface area contributed by atoms with Crippen molar-refractivity contribution in [3.63, 3.8) is 0 Å². The Balaban J connectivity index is 2.40. The minimum atomic E-state index is 0.970. The molecular weight excluding hydrogens is 312 g/mol. The lowest BCUT2D eigenvalue weighted by atomic mass is 9.83. The van der Waals surface area contributed by atoms with Crippen LogP contribution in [0.2, 0.25) is 0 Å². The van der Waals surface area contributed by atoms with Crippen molar-refractivity contribution in [1.82, 2.24) is 0 Å². The molecule has 0 saturated carbocycles. The van der Waals surface area contributed by atoms with E-state index in [9.17, 15) is 0 Å². The third kappa shape index (κ3) is 3.58. The highest BCUT2D eigenvalue weighted by Gasteiger charge is 2.18. The normalized spacial score (nSPS) is 10.3. The molecule has 0 N–H and O–H groups in total. The lowest BCUT2D eigenvalue weighted by Crippen LogP contribution is -2.02. The number of hydrogen-bond acceptors (Lipinski definition) is 0. The second-order valence-corrected chi connectivity index (χ2v) is 6.42. The van der Waals surface area contributed by atoms with Crippen molar-refractivity contribution in [2.75, 3.05) is 0 Å². The predicted molar refractivity (Wildman–Crippen MR) is 112 cm³/mol. The van der Waals surface area contributed by atoms with Gasteiger partial charge in [0.2, 0.25) is 0 Å². The Morgan fingerprint density at radius 1 is 0.808 bits per heavy atom. The van der Waals surface area contributed by atoms with Crippen LogP contribution in [0.1, 0.15) is 43.9 Å². The molecule has 0 heteroatoms. The van der Waals surface area contributed by atoms with Crippen LogP contribution in [-0.4, -0.2) is 0 Å². The Kier molecular flexibility index (Phi) is 5.92. The van der Waals surface area contributed by atoms with Gasteiger partial charge in [-0.25, -0.2) is 0 Å². The second-order valence-electron chi connectivity index (χ2n) is 6.42. The second kappa shape index (κ2) is 8.54. The Bertz CT molecular complexity index is 923. The van der Waals surface area contributed by atoms with Gasteiger partial charge in [-0.2, -0.15) is 0 Å². The molecule has 0 aliphatic heterocycles. The molecule has 0 aliphatic carbocycles. The van der Waals surface area contributed by atoms with Gasteiger partial charge in [0.25, 0.3) is 0 Å². The number of benzene rings is 3. The van der Waals surface area contributed by atoms with Crippen LogP contribution in [0.25, 0.3) is 22.3 Å². The molecule has 0 spiro atoms. The van der Waals surface area contributed by atoms with Gasteiger partial charge in [-0.3, -0.25) is 0 Å². The van der Waals surface area contributed by atoms with Gasteiger partial charge < -0.3 is 0 Å². The lowest BCUT2D eigenvalue weighted by molar-refractivity contribution is 0.917. The standard InChI is InChI=1S/C26H25/c1-4-13-22-19-23(14-5-2)26(21-17-11-8-12-18-21)24(6-3)25(22)20-15-9-7-10-16-20/h7-12,15-18H,4,6,13H2,1-3H3. The van der Waals surface area contributed by atoms with Crippen LogP contribution in [0, 0.1) is 17.9 Å². The molecule has 0 heterocycles. The Morgan fingerprint density at radius 3 is 1.88 bits per heavy atom. The third-order valence-corrected chi connectivity index (χ3v) is 4.66. The molecule has 0 aromatic heterocycles. The van der Waals surface area contributed by atoms with E-state index in [4.69, 9.17) is 0 Å². The van der Waals surface area contributed by atoms with Gasteiger partial charge in [-0.1, -0.05) is 86.9 Å². The van der Waals surface area contributed by atoms with E-state index in [1.54, 1.807) is 0 Å². The van der Waals surface area contributed by atoms with Crippen molar-refractivity contribution in [2.45, 2.75) is 40.0 Å². The molecule has 26 heavy (non-hydrogen) atoms. The zero-order chi connectivity index (χ0) is 18.4. The third-order valence-electron chi connectivity index (χ3n) is 4.66. The first-order valence-electron chi connectivity index (χ1n) is 9.44. The van der Waals surface area contributed by atoms with E-state index >= 15 is 0 Å². The molecule has 129 valence electrons. The van der Waals surface area contributed by atoms with Crippen LogP contribution >= 0.6 is 0 Å². The van der Waals surface area contributed by atoms with Gasteiger partial charge in [0, 0.05) is 17.2 Å². The van der Waals surface area contributed by atoms with E-state index in [2.05, 4.69) is 92.4 Å². The van der Waals surface area contributed by atoms with Gasteiger partial charge in [-0.15, -0.1) is 5.92 Å². The minimum Gasteiger partial charge on any atom is -0.101 e. The quantitative estimate of drug-likeness (QED) is 0.454. The zero-order valence-corrected chi connectivity index (χ0v) is 15.9. The predicted octanol–water partition coefficient (Wildman–Crippen LogP) is 6.71. The summed E-state index contributed by atoms with van der Waals surface area (Å²) in [7, 11) is 0. The van der Waals surface area contributed by atoms with E-state index in [0.717, 1.165) is 24.8 Å². The summed E-state index contributed by atoms with van der Waals surface area (Å²) < 4.78 is 0. The Morgan fingerprint density at radius 2 is 1.38 bits per heavy atom. The summed E-state index contributed by atoms with van der Waals surface area (Å²) >= 11 is 0. The van der Waals surface area contributed by atoms with Gasteiger partial charge in [0.15, 0.2) is 0 Å². The van der Waals surface area contributed by atoms with Gasteiger partial charge in [0.1, 0.15) is 0 Å². The van der Waals surface area contributed by atoms with Crippen LogP contribution in [0.15, 0.2) is 60.7 Å². The van der Waals surface area contributed by atoms with Crippen molar-refractivity contribution >= 4 is 0 Å². The maximum Gasteiger partial charge on any atom is 0.0408 e. The van der Waals surface area contributed by atoms with Gasteiger partial charge >= 0.3 is 0 Å². The first kappa shape index (κ1) is 18.0. The largest absolute Gasteiger partial charge is 0.101 e. The van der Waals surface area contributed by atoms with E-state index in [1.165, 1.54) is 33.4 Å². The molecule has 3 aromatic carbocycles. The fraction of sp³-hybridized carbons (Fsp3) is 0.231. The average Bonchev–Trinajstić information content (AvgIpc) is 2.69. The summed E-state index contributed by atoms with van der Waals surface area (Å²) in [6, 6.07) is 25.0. The van der Waals surface area contributed by atoms with E-state index in [-0.39, 0.29) is 0 Å². The molecular formula is C26H25. The minimum absolute atomic E-state index is 0.970. The smallest absolute Gasteiger partial charge is 0.0408 e. The maximum atomic E-state index is 3.68. The number of aryl methyl sites for hydroxylation is 1. The van der Waals surface area contributed by atoms with Crippen molar-refractivity contribution < 1.29 is 0 Å². The molecule has 3 rings (SSSR count). The Labute approximate surface area is 157 Å². The van der Waals surface area contributed by atoms with Crippen molar-refractivity contribution in [3.05, 3.63) is 83.4 Å². The average molecular weight is 337 g/mol. The first-order chi connectivity index (χ1) is 12.8. The van der Waals surface area contributed by atoms with E-state index in [1.807, 2.05) is 6.92 Å². The van der Waals surface area contributed by atoms with E-state index in [0.29, 0.717) is 0 Å². The Hall–Kier alpha value is -2.78. The van der Waals surface area contributed by atoms with Gasteiger partial charge in [0.05, 0.1) is 0 Å². The summed E-state index contributed by atoms with van der Waals surface area (Å²) in [6.07, 6.45) is 3.09. The monoisotopic (exact) mass is 337 g/mol. The molecule has 0 nitrogen and oxygen atoms in total. The molecule has 0 aliphatic rings. The van der Waals surface area contributed by atoms with Crippen molar-refractivity contribution in [1.29, 1.82) is 0 Å². The summed E-state index contributed by atoms with van der Waals surface area (Å²) in [6.45, 7) is 6.37. The van der Waals surface area contributed by atoms with Gasteiger partial charge in [-0.05, 0) is 47.6 Å². The summed E-state index contributed by atoms with van der Waals surface area (Å²) in [5, 5.41) is 0. The molecule has 0 atom stereocenters. The fourth-order valence-electron chi connectivity index (χ4n) is 3.62. The maximum absolute atomic E-state index is 3.68.